The zero-order chi connectivity index (χ0) is 13.1. The molecular formula is C10H10Br2S6. The van der Waals surface area contributed by atoms with Crippen molar-refractivity contribution in [2.45, 2.75) is 0 Å². The van der Waals surface area contributed by atoms with Gasteiger partial charge in [0.05, 0.1) is 16.9 Å². The maximum atomic E-state index is 3.58. The van der Waals surface area contributed by atoms with Crippen molar-refractivity contribution in [2.24, 2.45) is 0 Å². The number of hydrogen-bond acceptors (Lipinski definition) is 6. The number of rotatable bonds is 4. The predicted octanol–water partition coefficient (Wildman–Crippen LogP) is 6.93. The van der Waals surface area contributed by atoms with Crippen molar-refractivity contribution in [1.82, 2.24) is 0 Å². The Labute approximate surface area is 150 Å². The van der Waals surface area contributed by atoms with Crippen LogP contribution in [-0.2, 0) is 0 Å². The van der Waals surface area contributed by atoms with Gasteiger partial charge in [-0.3, -0.25) is 0 Å². The van der Waals surface area contributed by atoms with Crippen LogP contribution in [0.25, 0.3) is 0 Å². The molecule has 0 fully saturated rings. The van der Waals surface area contributed by atoms with E-state index in [0.29, 0.717) is 0 Å². The normalized spacial score (nSPS) is 20.7. The molecule has 0 saturated carbocycles. The third kappa shape index (κ3) is 3.72. The van der Waals surface area contributed by atoms with Gasteiger partial charge in [-0.05, 0) is 12.5 Å². The van der Waals surface area contributed by atoms with Gasteiger partial charge in [0.15, 0.2) is 0 Å². The second-order valence-corrected chi connectivity index (χ2v) is 11.1. The van der Waals surface area contributed by atoms with Gasteiger partial charge in [0.2, 0.25) is 0 Å². The molecule has 2 aliphatic rings. The lowest BCUT2D eigenvalue weighted by molar-refractivity contribution is 1.63. The Bertz CT molecular complexity index is 364. The highest BCUT2D eigenvalue weighted by atomic mass is 79.9. The molecule has 0 N–H and O–H groups in total. The van der Waals surface area contributed by atoms with Crippen LogP contribution < -0.4 is 0 Å². The Kier molecular flexibility index (Phi) is 7.45. The van der Waals surface area contributed by atoms with Gasteiger partial charge in [-0.15, -0.1) is 23.5 Å². The Morgan fingerprint density at radius 1 is 0.778 bits per heavy atom. The van der Waals surface area contributed by atoms with E-state index in [-0.39, 0.29) is 0 Å². The zero-order valence-corrected chi connectivity index (χ0v) is 17.7. The smallest absolute Gasteiger partial charge is 0.0717 e. The summed E-state index contributed by atoms with van der Waals surface area (Å²) in [6, 6.07) is 0. The molecule has 2 heterocycles. The molecular weight excluding hydrogens is 472 g/mol. The predicted molar refractivity (Wildman–Crippen MR) is 106 cm³/mol. The maximum Gasteiger partial charge on any atom is 0.0717 e. The van der Waals surface area contributed by atoms with Gasteiger partial charge in [0.1, 0.15) is 0 Å². The first kappa shape index (κ1) is 16.6. The second-order valence-electron chi connectivity index (χ2n) is 3.08. The fraction of sp³-hybridized carbons (Fsp3) is 0.400. The van der Waals surface area contributed by atoms with E-state index in [2.05, 4.69) is 44.4 Å². The summed E-state index contributed by atoms with van der Waals surface area (Å²) in [4.78, 5) is 2.90. The molecule has 0 bridgehead atoms. The molecule has 2 rings (SSSR count). The molecule has 100 valence electrons. The van der Waals surface area contributed by atoms with Crippen molar-refractivity contribution in [2.75, 3.05) is 23.2 Å². The molecule has 0 unspecified atom stereocenters. The van der Waals surface area contributed by atoms with Crippen molar-refractivity contribution in [3.05, 3.63) is 26.8 Å². The third-order valence-corrected chi connectivity index (χ3v) is 12.3. The van der Waals surface area contributed by atoms with E-state index < -0.39 is 0 Å². The first-order chi connectivity index (χ1) is 8.73. The van der Waals surface area contributed by atoms with E-state index in [1.807, 2.05) is 70.6 Å². The van der Waals surface area contributed by atoms with Crippen LogP contribution in [0.1, 0.15) is 0 Å². The van der Waals surface area contributed by atoms with Crippen molar-refractivity contribution in [3.8, 4) is 0 Å². The van der Waals surface area contributed by atoms with Crippen LogP contribution in [-0.4, -0.2) is 23.2 Å². The molecule has 0 atom stereocenters. The summed E-state index contributed by atoms with van der Waals surface area (Å²) < 4.78 is 5.80. The number of hydrogen-bond donors (Lipinski definition) is 0. The summed E-state index contributed by atoms with van der Waals surface area (Å²) in [5.41, 5.74) is 0. The number of halogens is 2. The van der Waals surface area contributed by atoms with Crippen LogP contribution in [0.4, 0.5) is 0 Å². The third-order valence-electron chi connectivity index (χ3n) is 2.06. The number of thioether (sulfide) groups is 6. The molecule has 0 aromatic carbocycles. The van der Waals surface area contributed by atoms with E-state index >= 15 is 0 Å². The van der Waals surface area contributed by atoms with E-state index in [9.17, 15) is 0 Å². The highest BCUT2D eigenvalue weighted by Crippen LogP contribution is 2.63. The summed E-state index contributed by atoms with van der Waals surface area (Å²) in [6.07, 6.45) is 4.32. The standard InChI is InChI=1S/C10H10Br2S6/c1-13-7-8(14-2)18-10(17-7)9-15-5(3-11)6(4-12)16-9/h3-4H2,1-2H3. The lowest BCUT2D eigenvalue weighted by Gasteiger charge is -2.01. The summed E-state index contributed by atoms with van der Waals surface area (Å²) in [6.45, 7) is 0. The van der Waals surface area contributed by atoms with E-state index in [0.717, 1.165) is 10.7 Å². The van der Waals surface area contributed by atoms with Crippen LogP contribution >= 0.6 is 102 Å². The monoisotopic (exact) mass is 480 g/mol. The fourth-order valence-electron chi connectivity index (χ4n) is 1.25. The average molecular weight is 482 g/mol. The fourth-order valence-corrected chi connectivity index (χ4v) is 10.8. The van der Waals surface area contributed by atoms with Crippen LogP contribution in [0.3, 0.4) is 0 Å². The lowest BCUT2D eigenvalue weighted by atomic mass is 10.6. The summed E-state index contributed by atoms with van der Waals surface area (Å²) in [7, 11) is 0. The van der Waals surface area contributed by atoms with Gasteiger partial charge in [0, 0.05) is 20.5 Å². The topological polar surface area (TPSA) is 0 Å². The Balaban J connectivity index is 2.14. The largest absolute Gasteiger partial charge is 0.121 e. The number of allylic oxidation sites excluding steroid dienone is 2. The Hall–Kier alpha value is 2.28. The zero-order valence-electron chi connectivity index (χ0n) is 9.62. The van der Waals surface area contributed by atoms with Gasteiger partial charge in [-0.25, -0.2) is 0 Å². The second kappa shape index (κ2) is 8.06. The summed E-state index contributed by atoms with van der Waals surface area (Å²) >= 11 is 18.6. The highest BCUT2D eigenvalue weighted by Gasteiger charge is 2.28. The number of alkyl halides is 2. The van der Waals surface area contributed by atoms with Crippen LogP contribution in [0.15, 0.2) is 26.8 Å². The minimum atomic E-state index is 0.954. The van der Waals surface area contributed by atoms with Gasteiger partial charge in [-0.2, -0.15) is 0 Å². The molecule has 0 spiro atoms. The molecule has 18 heavy (non-hydrogen) atoms. The first-order valence-corrected chi connectivity index (χ1v) is 12.8. The molecule has 0 nitrogen and oxygen atoms in total. The SMILES string of the molecule is CSC1=C(SC)SC(=C2SC(CBr)=C(CBr)S2)S1. The Morgan fingerprint density at radius 3 is 1.50 bits per heavy atom. The molecule has 0 aromatic heterocycles. The molecule has 0 saturated heterocycles. The van der Waals surface area contributed by atoms with Gasteiger partial charge >= 0.3 is 0 Å². The van der Waals surface area contributed by atoms with Gasteiger partial charge < -0.3 is 0 Å². The van der Waals surface area contributed by atoms with Crippen molar-refractivity contribution < 1.29 is 0 Å². The van der Waals surface area contributed by atoms with Crippen molar-refractivity contribution in [3.63, 3.8) is 0 Å². The first-order valence-electron chi connectivity index (χ1n) is 4.85. The summed E-state index contributed by atoms with van der Waals surface area (Å²) in [5, 5.41) is 1.91. The van der Waals surface area contributed by atoms with Crippen molar-refractivity contribution >= 4 is 102 Å². The minimum Gasteiger partial charge on any atom is -0.121 e. The summed E-state index contributed by atoms with van der Waals surface area (Å²) in [5.74, 6) is 0. The lowest BCUT2D eigenvalue weighted by Crippen LogP contribution is -1.79. The van der Waals surface area contributed by atoms with Crippen LogP contribution in [0, 0.1) is 0 Å². The molecule has 8 heteroatoms. The highest BCUT2D eigenvalue weighted by molar-refractivity contribution is 9.09. The minimum absolute atomic E-state index is 0.954. The van der Waals surface area contributed by atoms with Crippen LogP contribution in [0.2, 0.25) is 0 Å². The maximum absolute atomic E-state index is 3.58. The molecule has 0 radical (unpaired) electrons. The molecule has 2 aliphatic heterocycles. The van der Waals surface area contributed by atoms with Gasteiger partial charge in [-0.1, -0.05) is 78.9 Å². The quantitative estimate of drug-likeness (QED) is 0.396. The van der Waals surface area contributed by atoms with E-state index in [1.165, 1.54) is 26.8 Å². The van der Waals surface area contributed by atoms with E-state index in [1.54, 1.807) is 0 Å². The average Bonchev–Trinajstić information content (AvgIpc) is 3.01. The molecule has 0 aromatic rings. The van der Waals surface area contributed by atoms with Crippen molar-refractivity contribution in [1.29, 1.82) is 0 Å². The Morgan fingerprint density at radius 2 is 1.17 bits per heavy atom. The van der Waals surface area contributed by atoms with Gasteiger partial charge in [0.25, 0.3) is 0 Å². The van der Waals surface area contributed by atoms with Crippen LogP contribution in [0.5, 0.6) is 0 Å². The van der Waals surface area contributed by atoms with E-state index in [4.69, 9.17) is 0 Å². The molecule has 0 aliphatic carbocycles. The molecule has 0 amide bonds.